The van der Waals surface area contributed by atoms with Crippen molar-refractivity contribution in [1.82, 2.24) is 20.1 Å². The van der Waals surface area contributed by atoms with E-state index in [9.17, 15) is 9.59 Å². The van der Waals surface area contributed by atoms with E-state index in [1.165, 1.54) is 0 Å². The number of amides is 3. The zero-order valence-corrected chi connectivity index (χ0v) is 15.8. The maximum Gasteiger partial charge on any atom is 0.317 e. The zero-order valence-electron chi connectivity index (χ0n) is 15.8. The zero-order chi connectivity index (χ0) is 19.1. The summed E-state index contributed by atoms with van der Waals surface area (Å²) in [6.45, 7) is 3.33. The molecule has 0 spiro atoms. The second-order valence-corrected chi connectivity index (χ2v) is 7.58. The molecule has 2 aliphatic rings. The van der Waals surface area contributed by atoms with Crippen molar-refractivity contribution < 1.29 is 14.7 Å². The number of aliphatic hydroxyl groups is 1. The van der Waals surface area contributed by atoms with Crippen LogP contribution in [0.4, 0.5) is 4.79 Å². The molecule has 3 amide bonds. The monoisotopic (exact) mass is 374 g/mol. The first-order chi connectivity index (χ1) is 13.2. The lowest BCUT2D eigenvalue weighted by atomic mass is 9.96. The molecule has 3 rings (SSSR count). The highest BCUT2D eigenvalue weighted by atomic mass is 16.3. The SMILES string of the molecule is O=C(NCC1CCN(C(=O)C2CC2)CC1)N(CCCO)Cc1ccncc1. The summed E-state index contributed by atoms with van der Waals surface area (Å²) in [4.78, 5) is 32.5. The first kappa shape index (κ1) is 19.6. The number of rotatable bonds is 8. The molecule has 148 valence electrons. The molecule has 0 unspecified atom stereocenters. The van der Waals surface area contributed by atoms with Crippen molar-refractivity contribution in [3.8, 4) is 0 Å². The van der Waals surface area contributed by atoms with Gasteiger partial charge in [0, 0.05) is 57.6 Å². The standard InChI is InChI=1S/C20H30N4O3/c25-13-1-10-24(15-17-4-8-21-9-5-17)20(27)22-14-16-6-11-23(12-7-16)19(26)18-2-3-18/h4-5,8-9,16,18,25H,1-3,6-7,10-15H2,(H,22,27). The second kappa shape index (κ2) is 9.69. The first-order valence-corrected chi connectivity index (χ1v) is 9.98. The van der Waals surface area contributed by atoms with Crippen molar-refractivity contribution in [3.05, 3.63) is 30.1 Å². The lowest BCUT2D eigenvalue weighted by Gasteiger charge is -2.32. The fourth-order valence-corrected chi connectivity index (χ4v) is 3.51. The Kier molecular flexibility index (Phi) is 7.04. The van der Waals surface area contributed by atoms with Gasteiger partial charge >= 0.3 is 6.03 Å². The highest BCUT2D eigenvalue weighted by Crippen LogP contribution is 2.32. The van der Waals surface area contributed by atoms with Gasteiger partial charge in [0.05, 0.1) is 0 Å². The molecular formula is C20H30N4O3. The molecule has 1 saturated heterocycles. The van der Waals surface area contributed by atoms with E-state index < -0.39 is 0 Å². The van der Waals surface area contributed by atoms with Gasteiger partial charge in [0.25, 0.3) is 0 Å². The van der Waals surface area contributed by atoms with Crippen molar-refractivity contribution in [2.45, 2.75) is 38.6 Å². The predicted octanol–water partition coefficient (Wildman–Crippen LogP) is 1.62. The van der Waals surface area contributed by atoms with Gasteiger partial charge in [-0.25, -0.2) is 4.79 Å². The average molecular weight is 374 g/mol. The number of carbonyl (C=O) groups is 2. The molecule has 0 aromatic carbocycles. The molecule has 1 aliphatic heterocycles. The Bertz CT molecular complexity index is 613. The largest absolute Gasteiger partial charge is 0.396 e. The summed E-state index contributed by atoms with van der Waals surface area (Å²) in [6.07, 6.45) is 7.98. The van der Waals surface area contributed by atoms with E-state index in [4.69, 9.17) is 5.11 Å². The Morgan fingerprint density at radius 1 is 1.19 bits per heavy atom. The lowest BCUT2D eigenvalue weighted by Crippen LogP contribution is -2.45. The van der Waals surface area contributed by atoms with Gasteiger partial charge in [-0.3, -0.25) is 9.78 Å². The van der Waals surface area contributed by atoms with Crippen LogP contribution in [0.3, 0.4) is 0 Å². The summed E-state index contributed by atoms with van der Waals surface area (Å²) in [6, 6.07) is 3.69. The molecule has 1 aromatic heterocycles. The third kappa shape index (κ3) is 5.92. The number of urea groups is 1. The van der Waals surface area contributed by atoms with Crippen molar-refractivity contribution in [2.75, 3.05) is 32.8 Å². The van der Waals surface area contributed by atoms with Crippen LogP contribution in [0, 0.1) is 11.8 Å². The summed E-state index contributed by atoms with van der Waals surface area (Å²) in [5.41, 5.74) is 1.02. The molecule has 2 heterocycles. The summed E-state index contributed by atoms with van der Waals surface area (Å²) in [7, 11) is 0. The smallest absolute Gasteiger partial charge is 0.317 e. The van der Waals surface area contributed by atoms with Crippen molar-refractivity contribution in [1.29, 1.82) is 0 Å². The lowest BCUT2D eigenvalue weighted by molar-refractivity contribution is -0.133. The van der Waals surface area contributed by atoms with Gasteiger partial charge in [0.1, 0.15) is 0 Å². The quantitative estimate of drug-likeness (QED) is 0.724. The highest BCUT2D eigenvalue weighted by molar-refractivity contribution is 5.81. The Hall–Kier alpha value is -2.15. The summed E-state index contributed by atoms with van der Waals surface area (Å²) in [5.74, 6) is 1.03. The number of carbonyl (C=O) groups excluding carboxylic acids is 2. The van der Waals surface area contributed by atoms with Crippen molar-refractivity contribution in [3.63, 3.8) is 0 Å². The Balaban J connectivity index is 1.43. The normalized spacial score (nSPS) is 17.6. The van der Waals surface area contributed by atoms with Crippen LogP contribution in [-0.2, 0) is 11.3 Å². The number of hydrogen-bond acceptors (Lipinski definition) is 4. The molecular weight excluding hydrogens is 344 g/mol. The molecule has 7 heteroatoms. The Morgan fingerprint density at radius 3 is 2.52 bits per heavy atom. The topological polar surface area (TPSA) is 85.8 Å². The summed E-state index contributed by atoms with van der Waals surface area (Å²) < 4.78 is 0. The molecule has 27 heavy (non-hydrogen) atoms. The molecule has 2 N–H and O–H groups in total. The van der Waals surface area contributed by atoms with E-state index in [0.29, 0.717) is 37.9 Å². The molecule has 2 fully saturated rings. The van der Waals surface area contributed by atoms with Crippen LogP contribution < -0.4 is 5.32 Å². The number of aromatic nitrogens is 1. The average Bonchev–Trinajstić information content (AvgIpc) is 3.55. The van der Waals surface area contributed by atoms with E-state index >= 15 is 0 Å². The van der Waals surface area contributed by atoms with Gasteiger partial charge < -0.3 is 20.2 Å². The van der Waals surface area contributed by atoms with E-state index in [2.05, 4.69) is 10.3 Å². The minimum absolute atomic E-state index is 0.0631. The number of nitrogens with zero attached hydrogens (tertiary/aromatic N) is 3. The summed E-state index contributed by atoms with van der Waals surface area (Å²) in [5, 5.41) is 12.2. The molecule has 1 aliphatic carbocycles. The van der Waals surface area contributed by atoms with Gasteiger partial charge in [-0.1, -0.05) is 0 Å². The summed E-state index contributed by atoms with van der Waals surface area (Å²) >= 11 is 0. The third-order valence-electron chi connectivity index (χ3n) is 5.39. The van der Waals surface area contributed by atoms with Gasteiger partial charge in [0.15, 0.2) is 0 Å². The number of piperidine rings is 1. The third-order valence-corrected chi connectivity index (χ3v) is 5.39. The highest BCUT2D eigenvalue weighted by Gasteiger charge is 2.34. The Labute approximate surface area is 160 Å². The van der Waals surface area contributed by atoms with Crippen LogP contribution in [-0.4, -0.2) is 64.6 Å². The number of nitrogens with one attached hydrogen (secondary N) is 1. The van der Waals surface area contributed by atoms with Gasteiger partial charge in [-0.15, -0.1) is 0 Å². The fourth-order valence-electron chi connectivity index (χ4n) is 3.51. The van der Waals surface area contributed by atoms with Crippen LogP contribution in [0.25, 0.3) is 0 Å². The molecule has 7 nitrogen and oxygen atoms in total. The number of pyridine rings is 1. The minimum atomic E-state index is -0.100. The molecule has 0 bridgehead atoms. The van der Waals surface area contributed by atoms with E-state index in [1.54, 1.807) is 17.3 Å². The first-order valence-electron chi connectivity index (χ1n) is 9.98. The van der Waals surface area contributed by atoms with Crippen LogP contribution in [0.1, 0.15) is 37.7 Å². The van der Waals surface area contributed by atoms with Gasteiger partial charge in [0.2, 0.25) is 5.91 Å². The predicted molar refractivity (Wildman–Crippen MR) is 102 cm³/mol. The van der Waals surface area contributed by atoms with E-state index in [1.807, 2.05) is 17.0 Å². The molecule has 1 aromatic rings. The number of aliphatic hydroxyl groups excluding tert-OH is 1. The maximum atomic E-state index is 12.6. The second-order valence-electron chi connectivity index (χ2n) is 7.58. The molecule has 0 atom stereocenters. The number of hydrogen-bond donors (Lipinski definition) is 2. The van der Waals surface area contributed by atoms with Crippen LogP contribution in [0.2, 0.25) is 0 Å². The van der Waals surface area contributed by atoms with Crippen LogP contribution >= 0.6 is 0 Å². The molecule has 1 saturated carbocycles. The van der Waals surface area contributed by atoms with Crippen molar-refractivity contribution >= 4 is 11.9 Å². The maximum absolute atomic E-state index is 12.6. The van der Waals surface area contributed by atoms with Crippen molar-refractivity contribution in [2.24, 2.45) is 11.8 Å². The fraction of sp³-hybridized carbons (Fsp3) is 0.650. The van der Waals surface area contributed by atoms with E-state index in [0.717, 1.165) is 44.3 Å². The van der Waals surface area contributed by atoms with Gasteiger partial charge in [-0.2, -0.15) is 0 Å². The van der Waals surface area contributed by atoms with Crippen LogP contribution in [0.5, 0.6) is 0 Å². The number of likely N-dealkylation sites (tertiary alicyclic amines) is 1. The van der Waals surface area contributed by atoms with Gasteiger partial charge in [-0.05, 0) is 55.7 Å². The minimum Gasteiger partial charge on any atom is -0.396 e. The Morgan fingerprint density at radius 2 is 1.89 bits per heavy atom. The molecule has 0 radical (unpaired) electrons. The van der Waals surface area contributed by atoms with E-state index in [-0.39, 0.29) is 18.6 Å². The van der Waals surface area contributed by atoms with Crippen LogP contribution in [0.15, 0.2) is 24.5 Å².